The highest BCUT2D eigenvalue weighted by Crippen LogP contribution is 2.35. The zero-order valence-electron chi connectivity index (χ0n) is 28.5. The summed E-state index contributed by atoms with van der Waals surface area (Å²) in [5.74, 6) is -1.58. The highest BCUT2D eigenvalue weighted by molar-refractivity contribution is 7.92. The van der Waals surface area contributed by atoms with Gasteiger partial charge in [0.2, 0.25) is 5.91 Å². The number of nitrogens with zero attached hydrogens (tertiary/aromatic N) is 3. The first kappa shape index (κ1) is 38.7. The number of halogens is 3. The first-order chi connectivity index (χ1) is 24.0. The van der Waals surface area contributed by atoms with Crippen molar-refractivity contribution in [3.05, 3.63) is 78.0 Å². The van der Waals surface area contributed by atoms with Gasteiger partial charge in [0.1, 0.15) is 6.04 Å². The third-order valence-corrected chi connectivity index (χ3v) is 10.4. The zero-order chi connectivity index (χ0) is 37.5. The fraction of sp³-hybridized carbons (Fsp3) is 0.371. The number of carbonyl (C=O) groups is 2. The molecular weight excluding hydrogens is 691 g/mol. The van der Waals surface area contributed by atoms with Crippen molar-refractivity contribution in [2.24, 2.45) is 0 Å². The number of hydrogen-bond acceptors (Lipinski definition) is 10. The summed E-state index contributed by atoms with van der Waals surface area (Å²) >= 11 is 0. The molecule has 0 spiro atoms. The molecule has 4 N–H and O–H groups in total. The first-order valence-electron chi connectivity index (χ1n) is 16.1. The van der Waals surface area contributed by atoms with Gasteiger partial charge in [0.25, 0.3) is 0 Å². The molecular formula is C35H40F3N5O7S. The van der Waals surface area contributed by atoms with Crippen LogP contribution in [-0.2, 0) is 26.0 Å². The van der Waals surface area contributed by atoms with Gasteiger partial charge in [-0.05, 0) is 81.1 Å². The summed E-state index contributed by atoms with van der Waals surface area (Å²) < 4.78 is 70.3. The van der Waals surface area contributed by atoms with Gasteiger partial charge >= 0.3 is 12.1 Å². The number of carboxylic acids is 1. The number of rotatable bonds is 12. The predicted octanol–water partition coefficient (Wildman–Crippen LogP) is 6.17. The van der Waals surface area contributed by atoms with Crippen molar-refractivity contribution in [2.75, 3.05) is 24.7 Å². The van der Waals surface area contributed by atoms with Crippen molar-refractivity contribution in [3.8, 4) is 11.5 Å². The van der Waals surface area contributed by atoms with Gasteiger partial charge in [-0.25, -0.2) is 13.2 Å². The number of nitrogens with two attached hydrogens (primary N) is 1. The Morgan fingerprint density at radius 3 is 2.37 bits per heavy atom. The van der Waals surface area contributed by atoms with Gasteiger partial charge in [-0.15, -0.1) is 5.10 Å². The van der Waals surface area contributed by atoms with Crippen molar-refractivity contribution >= 4 is 44.0 Å². The molecule has 1 aliphatic carbocycles. The molecule has 1 aliphatic rings. The number of nitrogen functional groups attached to an aromatic ring is 1. The number of ether oxygens (including phenoxy) is 2. The molecule has 1 atom stereocenters. The molecule has 16 heteroatoms. The molecule has 1 amide bonds. The largest absolute Gasteiger partial charge is 0.490 e. The summed E-state index contributed by atoms with van der Waals surface area (Å²) in [6.45, 7) is 6.30. The quantitative estimate of drug-likeness (QED) is 0.152. The lowest BCUT2D eigenvalue weighted by Crippen LogP contribution is -2.36. The number of benzene rings is 3. The Balaban J connectivity index is 0.000000755. The number of sulfone groups is 1. The second kappa shape index (κ2) is 16.3. The molecule has 0 radical (unpaired) electrons. The van der Waals surface area contributed by atoms with Crippen molar-refractivity contribution in [3.63, 3.8) is 0 Å². The van der Waals surface area contributed by atoms with E-state index in [4.69, 9.17) is 25.1 Å². The third kappa shape index (κ3) is 9.57. The topological polar surface area (TPSA) is 174 Å². The third-order valence-electron chi connectivity index (χ3n) is 8.01. The van der Waals surface area contributed by atoms with Crippen molar-refractivity contribution in [1.82, 2.24) is 15.1 Å². The number of amides is 1. The molecule has 4 aromatic rings. The monoisotopic (exact) mass is 731 g/mol. The highest BCUT2D eigenvalue weighted by Gasteiger charge is 2.38. The summed E-state index contributed by atoms with van der Waals surface area (Å²) in [7, 11) is -1.80. The molecule has 0 bridgehead atoms. The van der Waals surface area contributed by atoms with Crippen LogP contribution in [0.5, 0.6) is 11.5 Å². The predicted molar refractivity (Wildman–Crippen MR) is 185 cm³/mol. The molecule has 274 valence electrons. The summed E-state index contributed by atoms with van der Waals surface area (Å²) in [5, 5.41) is 19.5. The average molecular weight is 732 g/mol. The van der Waals surface area contributed by atoms with E-state index in [9.17, 15) is 26.4 Å². The van der Waals surface area contributed by atoms with Crippen LogP contribution in [0, 0.1) is 0 Å². The fourth-order valence-corrected chi connectivity index (χ4v) is 7.38. The zero-order valence-corrected chi connectivity index (χ0v) is 29.3. The molecule has 5 rings (SSSR count). The second-order valence-corrected chi connectivity index (χ2v) is 14.3. The van der Waals surface area contributed by atoms with E-state index >= 15 is 0 Å². The summed E-state index contributed by atoms with van der Waals surface area (Å²) in [4.78, 5) is 25.0. The lowest BCUT2D eigenvalue weighted by atomic mass is 10.00. The lowest BCUT2D eigenvalue weighted by molar-refractivity contribution is -0.192. The molecule has 3 aromatic carbocycles. The van der Waals surface area contributed by atoms with Crippen molar-refractivity contribution < 1.29 is 45.8 Å². The van der Waals surface area contributed by atoms with Crippen LogP contribution in [-0.4, -0.2) is 71.7 Å². The number of carboxylic acid groups (broad SMARTS) is 1. The van der Waals surface area contributed by atoms with E-state index in [1.807, 2.05) is 51.1 Å². The minimum atomic E-state index is -5.08. The average Bonchev–Trinajstić information content (AvgIpc) is 3.03. The van der Waals surface area contributed by atoms with Crippen molar-refractivity contribution in [2.45, 2.75) is 75.0 Å². The molecule has 1 heterocycles. The van der Waals surface area contributed by atoms with Crippen LogP contribution in [0.15, 0.2) is 71.8 Å². The summed E-state index contributed by atoms with van der Waals surface area (Å²) in [6, 6.07) is 17.1. The van der Waals surface area contributed by atoms with E-state index in [0.29, 0.717) is 53.6 Å². The maximum Gasteiger partial charge on any atom is 0.490 e. The number of likely N-dealkylation sites (N-methyl/N-ethyl adjacent to an activating group) is 1. The van der Waals surface area contributed by atoms with Gasteiger partial charge in [-0.2, -0.15) is 18.3 Å². The van der Waals surface area contributed by atoms with Crippen LogP contribution in [0.3, 0.4) is 0 Å². The Morgan fingerprint density at radius 1 is 1.08 bits per heavy atom. The van der Waals surface area contributed by atoms with Crippen LogP contribution < -0.4 is 20.5 Å². The van der Waals surface area contributed by atoms with E-state index in [-0.39, 0.29) is 28.7 Å². The smallest absolute Gasteiger partial charge is 0.490 e. The standard InChI is InChI=1S/C33H39N5O5S.C2HF3O2/c1-5-42-29-18-22(13-16-28(29)43-21(2)3)31(36-25-14-15-27-24(17-25)19-35-37-32(27)34)33(39)38(4)20-23-9-6-7-12-30(23)44(40,41)26-10-8-11-26;3-2(4,5)1(6)7/h6-7,9,12-19,21,26,31,36H,5,8,10-11,20H2,1-4H3,(H2,34,37);(H,6,7). The maximum atomic E-state index is 14.3. The van der Waals surface area contributed by atoms with E-state index in [2.05, 4.69) is 15.5 Å². The molecule has 1 aromatic heterocycles. The molecule has 1 unspecified atom stereocenters. The van der Waals surface area contributed by atoms with E-state index in [1.54, 1.807) is 48.5 Å². The van der Waals surface area contributed by atoms with Gasteiger partial charge < -0.3 is 30.5 Å². The number of alkyl halides is 3. The van der Waals surface area contributed by atoms with Crippen molar-refractivity contribution in [1.29, 1.82) is 0 Å². The number of anilines is 2. The fourth-order valence-electron chi connectivity index (χ4n) is 5.30. The Kier molecular flexibility index (Phi) is 12.3. The number of carbonyl (C=O) groups excluding carboxylic acids is 1. The maximum absolute atomic E-state index is 14.3. The summed E-state index contributed by atoms with van der Waals surface area (Å²) in [6.07, 6.45) is -1.29. The van der Waals surface area contributed by atoms with E-state index in [0.717, 1.165) is 17.2 Å². The second-order valence-electron chi connectivity index (χ2n) is 12.1. The first-order valence-corrected chi connectivity index (χ1v) is 17.6. The van der Waals surface area contributed by atoms with Crippen LogP contribution in [0.25, 0.3) is 10.8 Å². The van der Waals surface area contributed by atoms with Crippen LogP contribution in [0.2, 0.25) is 0 Å². The van der Waals surface area contributed by atoms with Gasteiger partial charge in [0.05, 0.1) is 29.1 Å². The Labute approximate surface area is 293 Å². The molecule has 0 saturated heterocycles. The normalized spacial score (nSPS) is 13.8. The molecule has 1 fully saturated rings. The summed E-state index contributed by atoms with van der Waals surface area (Å²) in [5.41, 5.74) is 7.92. The van der Waals surface area contributed by atoms with Crippen LogP contribution >= 0.6 is 0 Å². The Hall–Kier alpha value is -5.12. The van der Waals surface area contributed by atoms with E-state index in [1.165, 1.54) is 0 Å². The van der Waals surface area contributed by atoms with Crippen LogP contribution in [0.1, 0.15) is 57.2 Å². The number of aliphatic carboxylic acids is 1. The Bertz CT molecular complexity index is 1970. The molecule has 51 heavy (non-hydrogen) atoms. The molecule has 12 nitrogen and oxygen atoms in total. The van der Waals surface area contributed by atoms with Gasteiger partial charge in [0.15, 0.2) is 27.2 Å². The lowest BCUT2D eigenvalue weighted by Gasteiger charge is -2.29. The van der Waals surface area contributed by atoms with Gasteiger partial charge in [-0.3, -0.25) is 4.79 Å². The number of fused-ring (bicyclic) bond motifs is 1. The minimum Gasteiger partial charge on any atom is -0.490 e. The molecule has 1 saturated carbocycles. The Morgan fingerprint density at radius 2 is 1.76 bits per heavy atom. The number of nitrogens with one attached hydrogen (secondary N) is 1. The highest BCUT2D eigenvalue weighted by atomic mass is 32.2. The van der Waals surface area contributed by atoms with Gasteiger partial charge in [0, 0.05) is 30.1 Å². The van der Waals surface area contributed by atoms with Gasteiger partial charge in [-0.1, -0.05) is 30.7 Å². The number of aromatic nitrogens is 2. The molecule has 0 aliphatic heterocycles. The number of hydrogen-bond donors (Lipinski definition) is 3. The minimum absolute atomic E-state index is 0.0637. The van der Waals surface area contributed by atoms with Crippen LogP contribution in [0.4, 0.5) is 24.7 Å². The SMILES string of the molecule is CCOc1cc(C(Nc2ccc3c(N)nncc3c2)C(=O)N(C)Cc2ccccc2S(=O)(=O)C2CCC2)ccc1OC(C)C.O=C(O)C(F)(F)F. The van der Waals surface area contributed by atoms with E-state index < -0.39 is 28.0 Å².